The average molecular weight is 683 g/mol. The molecule has 0 aliphatic heterocycles. The van der Waals surface area contributed by atoms with Crippen molar-refractivity contribution in [3.05, 3.63) is 124 Å². The zero-order valence-electron chi connectivity index (χ0n) is 25.9. The Labute approximate surface area is 280 Å². The molecule has 2 amide bonds. The molecule has 1 N–H and O–H groups in total. The highest BCUT2D eigenvalue weighted by Gasteiger charge is 2.35. The van der Waals surface area contributed by atoms with Crippen LogP contribution >= 0.6 is 23.2 Å². The van der Waals surface area contributed by atoms with Gasteiger partial charge >= 0.3 is 0 Å². The van der Waals surface area contributed by atoms with E-state index in [2.05, 4.69) is 5.32 Å². The third kappa shape index (κ3) is 9.02. The van der Waals surface area contributed by atoms with Gasteiger partial charge in [0.15, 0.2) is 0 Å². The molecule has 0 heterocycles. The van der Waals surface area contributed by atoms with Gasteiger partial charge in [0.1, 0.15) is 18.3 Å². The van der Waals surface area contributed by atoms with Crippen LogP contribution in [0, 0.1) is 0 Å². The maximum absolute atomic E-state index is 14.6. The van der Waals surface area contributed by atoms with Crippen LogP contribution in [0.3, 0.4) is 0 Å². The Morgan fingerprint density at radius 1 is 0.826 bits per heavy atom. The molecule has 0 saturated carbocycles. The molecule has 242 valence electrons. The van der Waals surface area contributed by atoms with Crippen molar-refractivity contribution in [2.45, 2.75) is 50.7 Å². The number of nitrogens with one attached hydrogen (secondary N) is 1. The lowest BCUT2D eigenvalue weighted by atomic mass is 10.0. The van der Waals surface area contributed by atoms with Crippen molar-refractivity contribution in [2.24, 2.45) is 0 Å². The van der Waals surface area contributed by atoms with E-state index in [1.54, 1.807) is 55.5 Å². The number of hydrogen-bond acceptors (Lipinski definition) is 5. The molecule has 4 aromatic rings. The van der Waals surface area contributed by atoms with E-state index in [-0.39, 0.29) is 47.9 Å². The maximum Gasteiger partial charge on any atom is 0.264 e. The average Bonchev–Trinajstić information content (AvgIpc) is 3.02. The van der Waals surface area contributed by atoms with Crippen LogP contribution in [0.2, 0.25) is 10.0 Å². The summed E-state index contributed by atoms with van der Waals surface area (Å²) in [5.74, 6) is -0.671. The van der Waals surface area contributed by atoms with Gasteiger partial charge in [-0.15, -0.1) is 0 Å². The van der Waals surface area contributed by atoms with Crippen molar-refractivity contribution in [2.75, 3.05) is 17.5 Å². The van der Waals surface area contributed by atoms with Crippen molar-refractivity contribution in [1.82, 2.24) is 10.2 Å². The summed E-state index contributed by atoms with van der Waals surface area (Å²) < 4.78 is 35.3. The first-order chi connectivity index (χ1) is 22.0. The quantitative estimate of drug-likeness (QED) is 0.159. The molecule has 4 aromatic carbocycles. The van der Waals surface area contributed by atoms with Gasteiger partial charge in [0.25, 0.3) is 10.0 Å². The Kier molecular flexibility index (Phi) is 12.1. The number of rotatable bonds is 14. The van der Waals surface area contributed by atoms with E-state index in [0.717, 1.165) is 9.87 Å². The zero-order valence-corrected chi connectivity index (χ0v) is 28.2. The molecule has 46 heavy (non-hydrogen) atoms. The van der Waals surface area contributed by atoms with E-state index >= 15 is 0 Å². The topological polar surface area (TPSA) is 96.0 Å². The van der Waals surface area contributed by atoms with E-state index < -0.39 is 28.5 Å². The highest BCUT2D eigenvalue weighted by atomic mass is 35.5. The molecule has 4 rings (SSSR count). The fourth-order valence-electron chi connectivity index (χ4n) is 4.95. The lowest BCUT2D eigenvalue weighted by Gasteiger charge is -2.34. The minimum Gasteiger partial charge on any atom is -0.492 e. The second-order valence-electron chi connectivity index (χ2n) is 10.9. The molecule has 0 aliphatic rings. The first-order valence-electron chi connectivity index (χ1n) is 14.9. The minimum absolute atomic E-state index is 0.00431. The van der Waals surface area contributed by atoms with Gasteiger partial charge in [0.2, 0.25) is 11.8 Å². The highest BCUT2D eigenvalue weighted by Crippen LogP contribution is 2.33. The molecule has 0 radical (unpaired) electrons. The lowest BCUT2D eigenvalue weighted by Crippen LogP contribution is -2.54. The summed E-state index contributed by atoms with van der Waals surface area (Å²) in [4.78, 5) is 29.8. The molecule has 0 aromatic heterocycles. The number of nitrogens with zero attached hydrogens (tertiary/aromatic N) is 2. The van der Waals surface area contributed by atoms with Gasteiger partial charge < -0.3 is 15.0 Å². The standard InChI is InChI=1S/C35H37Cl2N3O5S/c1-4-45-33-16-9-8-15-31(33)40(46(43,44)30-19-17-28(36)18-20-30)24-34(41)39(23-27-13-10-14-29(37)21-27)32(35(42)38-25(2)3)22-26-11-6-5-7-12-26/h5-21,25,32H,4,22-24H2,1-3H3,(H,38,42)/t32-/m1/s1. The third-order valence-corrected chi connectivity index (χ3v) is 9.32. The fourth-order valence-corrected chi connectivity index (χ4v) is 6.72. The summed E-state index contributed by atoms with van der Waals surface area (Å²) in [5, 5.41) is 3.78. The van der Waals surface area contributed by atoms with Gasteiger partial charge in [-0.1, -0.05) is 77.8 Å². The van der Waals surface area contributed by atoms with Gasteiger partial charge in [0.05, 0.1) is 17.2 Å². The molecule has 0 saturated heterocycles. The molecule has 0 aliphatic carbocycles. The predicted molar refractivity (Wildman–Crippen MR) is 183 cm³/mol. The summed E-state index contributed by atoms with van der Waals surface area (Å²) in [5.41, 5.74) is 1.70. The van der Waals surface area contributed by atoms with Gasteiger partial charge in [-0.2, -0.15) is 0 Å². The molecule has 11 heteroatoms. The molecular formula is C35H37Cl2N3O5S. The number of hydrogen-bond donors (Lipinski definition) is 1. The van der Waals surface area contributed by atoms with E-state index in [1.807, 2.05) is 44.2 Å². The van der Waals surface area contributed by atoms with Gasteiger partial charge in [-0.05, 0) is 80.4 Å². The van der Waals surface area contributed by atoms with Crippen LogP contribution in [-0.2, 0) is 32.6 Å². The minimum atomic E-state index is -4.32. The normalized spacial score (nSPS) is 12.0. The van der Waals surface area contributed by atoms with Crippen LogP contribution in [0.25, 0.3) is 0 Å². The van der Waals surface area contributed by atoms with Crippen LogP contribution in [-0.4, -0.2) is 50.4 Å². The Morgan fingerprint density at radius 2 is 1.48 bits per heavy atom. The van der Waals surface area contributed by atoms with Crippen LogP contribution in [0.5, 0.6) is 5.75 Å². The Bertz CT molecular complexity index is 1730. The SMILES string of the molecule is CCOc1ccccc1N(CC(=O)N(Cc1cccc(Cl)c1)[C@H](Cc1ccccc1)C(=O)NC(C)C)S(=O)(=O)c1ccc(Cl)cc1. The first-order valence-corrected chi connectivity index (χ1v) is 17.1. The number of ether oxygens (including phenoxy) is 1. The lowest BCUT2D eigenvalue weighted by molar-refractivity contribution is -0.140. The van der Waals surface area contributed by atoms with Crippen LogP contribution in [0.15, 0.2) is 108 Å². The van der Waals surface area contributed by atoms with Crippen molar-refractivity contribution in [1.29, 1.82) is 0 Å². The number of carbonyl (C=O) groups is 2. The number of para-hydroxylation sites is 2. The second kappa shape index (κ2) is 16.0. The fraction of sp³-hybridized carbons (Fsp3) is 0.257. The molecule has 0 bridgehead atoms. The summed E-state index contributed by atoms with van der Waals surface area (Å²) in [6, 6.07) is 27.5. The van der Waals surface area contributed by atoms with Crippen LogP contribution in [0.1, 0.15) is 31.9 Å². The van der Waals surface area contributed by atoms with Crippen LogP contribution in [0.4, 0.5) is 5.69 Å². The summed E-state index contributed by atoms with van der Waals surface area (Å²) in [6.45, 7) is 5.13. The molecule has 1 atom stereocenters. The Morgan fingerprint density at radius 3 is 2.13 bits per heavy atom. The molecule has 0 unspecified atom stereocenters. The molecule has 8 nitrogen and oxygen atoms in total. The third-order valence-electron chi connectivity index (χ3n) is 7.06. The number of sulfonamides is 1. The van der Waals surface area contributed by atoms with Gasteiger partial charge in [0, 0.05) is 29.1 Å². The molecule has 0 spiro atoms. The maximum atomic E-state index is 14.6. The largest absolute Gasteiger partial charge is 0.492 e. The predicted octanol–water partition coefficient (Wildman–Crippen LogP) is 6.75. The Balaban J connectivity index is 1.84. The Hall–Kier alpha value is -4.05. The van der Waals surface area contributed by atoms with E-state index in [9.17, 15) is 18.0 Å². The van der Waals surface area contributed by atoms with Gasteiger partial charge in [-0.25, -0.2) is 8.42 Å². The van der Waals surface area contributed by atoms with Gasteiger partial charge in [-0.3, -0.25) is 13.9 Å². The van der Waals surface area contributed by atoms with E-state index in [4.69, 9.17) is 27.9 Å². The second-order valence-corrected chi connectivity index (χ2v) is 13.6. The van der Waals surface area contributed by atoms with Crippen molar-refractivity contribution in [3.8, 4) is 5.75 Å². The van der Waals surface area contributed by atoms with E-state index in [0.29, 0.717) is 15.6 Å². The number of amides is 2. The number of carbonyl (C=O) groups excluding carboxylic acids is 2. The number of benzene rings is 4. The van der Waals surface area contributed by atoms with E-state index in [1.165, 1.54) is 29.2 Å². The number of halogens is 2. The highest BCUT2D eigenvalue weighted by molar-refractivity contribution is 7.92. The van der Waals surface area contributed by atoms with Crippen molar-refractivity contribution in [3.63, 3.8) is 0 Å². The van der Waals surface area contributed by atoms with Crippen LogP contribution < -0.4 is 14.4 Å². The van der Waals surface area contributed by atoms with Crippen molar-refractivity contribution < 1.29 is 22.7 Å². The summed E-state index contributed by atoms with van der Waals surface area (Å²) in [7, 11) is -4.32. The molecular weight excluding hydrogens is 645 g/mol. The number of anilines is 1. The smallest absolute Gasteiger partial charge is 0.264 e. The first kappa shape index (κ1) is 34.8. The summed E-state index contributed by atoms with van der Waals surface area (Å²) in [6.07, 6.45) is 0.200. The van der Waals surface area contributed by atoms with Crippen molar-refractivity contribution >= 4 is 50.7 Å². The molecule has 0 fully saturated rings. The monoisotopic (exact) mass is 681 g/mol. The summed E-state index contributed by atoms with van der Waals surface area (Å²) >= 11 is 12.4. The zero-order chi connectivity index (χ0) is 33.3.